The Balaban J connectivity index is 0.00000220. The summed E-state index contributed by atoms with van der Waals surface area (Å²) in [7, 11) is 1.69. The molecule has 0 saturated heterocycles. The number of halogens is 2. The van der Waals surface area contributed by atoms with Crippen LogP contribution in [0.4, 0.5) is 4.39 Å². The summed E-state index contributed by atoms with van der Waals surface area (Å²) >= 11 is 0. The quantitative estimate of drug-likeness (QED) is 0.919. The number of carboxylic acids is 1. The van der Waals surface area contributed by atoms with Crippen molar-refractivity contribution in [3.8, 4) is 11.5 Å². The van der Waals surface area contributed by atoms with Crippen molar-refractivity contribution in [1.82, 2.24) is 9.88 Å². The third-order valence-electron chi connectivity index (χ3n) is 3.05. The largest absolute Gasteiger partial charge is 0.480 e. The Morgan fingerprint density at radius 2 is 2.24 bits per heavy atom. The molecule has 0 aliphatic heterocycles. The lowest BCUT2D eigenvalue weighted by Crippen LogP contribution is -2.35. The molecule has 1 aromatic heterocycles. The molecule has 1 aromatic carbocycles. The van der Waals surface area contributed by atoms with Crippen LogP contribution in [0.15, 0.2) is 34.9 Å². The fraction of sp³-hybridized carbons (Fsp3) is 0.286. The highest BCUT2D eigenvalue weighted by Crippen LogP contribution is 2.20. The fourth-order valence-electron chi connectivity index (χ4n) is 1.71. The van der Waals surface area contributed by atoms with Gasteiger partial charge in [0.15, 0.2) is 0 Å². The van der Waals surface area contributed by atoms with Crippen LogP contribution in [0.1, 0.15) is 12.6 Å². The number of hydrogen-bond acceptors (Lipinski definition) is 4. The van der Waals surface area contributed by atoms with Gasteiger partial charge in [0.25, 0.3) is 0 Å². The second-order valence-electron chi connectivity index (χ2n) is 4.58. The van der Waals surface area contributed by atoms with Crippen molar-refractivity contribution in [2.24, 2.45) is 0 Å². The van der Waals surface area contributed by atoms with Gasteiger partial charge in [-0.3, -0.25) is 9.69 Å². The smallest absolute Gasteiger partial charge is 0.320 e. The van der Waals surface area contributed by atoms with Gasteiger partial charge in [-0.1, -0.05) is 6.07 Å². The van der Waals surface area contributed by atoms with Gasteiger partial charge in [-0.05, 0) is 32.2 Å². The van der Waals surface area contributed by atoms with Crippen molar-refractivity contribution in [1.29, 1.82) is 0 Å². The summed E-state index contributed by atoms with van der Waals surface area (Å²) in [5.41, 5.74) is 1.14. The van der Waals surface area contributed by atoms with E-state index in [1.807, 2.05) is 0 Å². The predicted octanol–water partition coefficient (Wildman–Crippen LogP) is 2.81. The second-order valence-corrected chi connectivity index (χ2v) is 4.58. The molecular weight excluding hydrogens is 299 g/mol. The van der Waals surface area contributed by atoms with Crippen LogP contribution in [0.25, 0.3) is 11.5 Å². The highest BCUT2D eigenvalue weighted by Gasteiger charge is 2.18. The molecule has 1 unspecified atom stereocenters. The van der Waals surface area contributed by atoms with Crippen LogP contribution < -0.4 is 0 Å². The van der Waals surface area contributed by atoms with Gasteiger partial charge >= 0.3 is 5.97 Å². The molecule has 7 heteroatoms. The molecule has 0 aliphatic rings. The lowest BCUT2D eigenvalue weighted by atomic mass is 10.2. The molecule has 0 saturated carbocycles. The van der Waals surface area contributed by atoms with E-state index in [1.54, 1.807) is 31.0 Å². The fourth-order valence-corrected chi connectivity index (χ4v) is 1.71. The monoisotopic (exact) mass is 314 g/mol. The molecule has 114 valence electrons. The van der Waals surface area contributed by atoms with Crippen molar-refractivity contribution in [2.45, 2.75) is 19.5 Å². The molecule has 2 aromatic rings. The van der Waals surface area contributed by atoms with Gasteiger partial charge in [-0.15, -0.1) is 12.4 Å². The van der Waals surface area contributed by atoms with Crippen LogP contribution in [-0.4, -0.2) is 34.0 Å². The summed E-state index contributed by atoms with van der Waals surface area (Å²) in [4.78, 5) is 16.7. The van der Waals surface area contributed by atoms with Gasteiger partial charge in [0.1, 0.15) is 18.1 Å². The van der Waals surface area contributed by atoms with Crippen LogP contribution in [0, 0.1) is 5.82 Å². The van der Waals surface area contributed by atoms with Crippen LogP contribution in [0.5, 0.6) is 0 Å². The van der Waals surface area contributed by atoms with Crippen LogP contribution in [0.3, 0.4) is 0 Å². The number of hydrogen-bond donors (Lipinski definition) is 1. The van der Waals surface area contributed by atoms with E-state index in [2.05, 4.69) is 4.98 Å². The molecule has 0 radical (unpaired) electrons. The maximum Gasteiger partial charge on any atom is 0.320 e. The van der Waals surface area contributed by atoms with Gasteiger partial charge in [-0.25, -0.2) is 9.37 Å². The molecule has 5 nitrogen and oxygen atoms in total. The van der Waals surface area contributed by atoms with E-state index in [4.69, 9.17) is 9.52 Å². The molecular formula is C14H16ClFN2O3. The Hall–Kier alpha value is -1.92. The third-order valence-corrected chi connectivity index (χ3v) is 3.05. The summed E-state index contributed by atoms with van der Waals surface area (Å²) in [5, 5.41) is 8.92. The molecule has 1 atom stereocenters. The van der Waals surface area contributed by atoms with Gasteiger partial charge in [0.2, 0.25) is 5.89 Å². The van der Waals surface area contributed by atoms with Crippen LogP contribution in [-0.2, 0) is 11.3 Å². The van der Waals surface area contributed by atoms with E-state index in [-0.39, 0.29) is 18.2 Å². The first-order valence-corrected chi connectivity index (χ1v) is 6.11. The Labute approximate surface area is 127 Å². The standard InChI is InChI=1S/C14H15FN2O3.ClH/c1-9(14(18)19)17(2)7-12-8-20-13(16-12)10-4-3-5-11(15)6-10;/h3-6,8-9H,7H2,1-2H3,(H,18,19);1H. The second kappa shape index (κ2) is 7.19. The van der Waals surface area contributed by atoms with Crippen molar-refractivity contribution in [3.63, 3.8) is 0 Å². The minimum absolute atomic E-state index is 0. The molecule has 2 rings (SSSR count). The maximum absolute atomic E-state index is 13.1. The zero-order chi connectivity index (χ0) is 14.7. The highest BCUT2D eigenvalue weighted by molar-refractivity contribution is 5.85. The summed E-state index contributed by atoms with van der Waals surface area (Å²) in [6, 6.07) is 5.33. The van der Waals surface area contributed by atoms with Crippen LogP contribution in [0.2, 0.25) is 0 Å². The number of carboxylic acid groups (broad SMARTS) is 1. The van der Waals surface area contributed by atoms with E-state index in [1.165, 1.54) is 18.4 Å². The Bertz CT molecular complexity index is 618. The van der Waals surface area contributed by atoms with E-state index >= 15 is 0 Å². The van der Waals surface area contributed by atoms with E-state index in [9.17, 15) is 9.18 Å². The maximum atomic E-state index is 13.1. The Kier molecular flexibility index (Phi) is 5.87. The average Bonchev–Trinajstić information content (AvgIpc) is 2.86. The zero-order valence-corrected chi connectivity index (χ0v) is 12.4. The first kappa shape index (κ1) is 17.1. The molecule has 1 heterocycles. The molecule has 1 N–H and O–H groups in total. The minimum Gasteiger partial charge on any atom is -0.480 e. The number of nitrogens with zero attached hydrogens (tertiary/aromatic N) is 2. The molecule has 0 amide bonds. The third kappa shape index (κ3) is 4.27. The molecule has 0 aliphatic carbocycles. The van der Waals surface area contributed by atoms with Gasteiger partial charge in [-0.2, -0.15) is 0 Å². The SMILES string of the molecule is CC(C(=O)O)N(C)Cc1coc(-c2cccc(F)c2)n1.Cl. The number of aromatic nitrogens is 1. The highest BCUT2D eigenvalue weighted by atomic mass is 35.5. The normalized spacial score (nSPS) is 12.0. The number of oxazole rings is 1. The molecule has 21 heavy (non-hydrogen) atoms. The lowest BCUT2D eigenvalue weighted by Gasteiger charge is -2.19. The predicted molar refractivity (Wildman–Crippen MR) is 77.7 cm³/mol. The Morgan fingerprint density at radius 3 is 2.86 bits per heavy atom. The van der Waals surface area contributed by atoms with Crippen molar-refractivity contribution >= 4 is 18.4 Å². The Morgan fingerprint density at radius 1 is 1.52 bits per heavy atom. The molecule has 0 fully saturated rings. The van der Waals surface area contributed by atoms with E-state index in [0.29, 0.717) is 23.7 Å². The first-order chi connectivity index (χ1) is 9.47. The summed E-state index contributed by atoms with van der Waals surface area (Å²) < 4.78 is 18.4. The minimum atomic E-state index is -0.902. The van der Waals surface area contributed by atoms with E-state index in [0.717, 1.165) is 0 Å². The number of rotatable bonds is 5. The number of carbonyl (C=O) groups is 1. The number of benzene rings is 1. The first-order valence-electron chi connectivity index (χ1n) is 6.11. The van der Waals surface area contributed by atoms with Gasteiger partial charge < -0.3 is 9.52 Å². The zero-order valence-electron chi connectivity index (χ0n) is 11.6. The van der Waals surface area contributed by atoms with Crippen molar-refractivity contribution < 1.29 is 18.7 Å². The average molecular weight is 315 g/mol. The molecule has 0 bridgehead atoms. The lowest BCUT2D eigenvalue weighted by molar-refractivity contribution is -0.142. The van der Waals surface area contributed by atoms with Crippen LogP contribution >= 0.6 is 12.4 Å². The topological polar surface area (TPSA) is 66.6 Å². The summed E-state index contributed by atoms with van der Waals surface area (Å²) in [6.45, 7) is 1.93. The number of aliphatic carboxylic acids is 1. The van der Waals surface area contributed by atoms with E-state index < -0.39 is 12.0 Å². The summed E-state index contributed by atoms with van der Waals surface area (Å²) in [6.07, 6.45) is 1.45. The molecule has 0 spiro atoms. The van der Waals surface area contributed by atoms with Gasteiger partial charge in [0, 0.05) is 12.1 Å². The number of likely N-dealkylation sites (N-methyl/N-ethyl adjacent to an activating group) is 1. The van der Waals surface area contributed by atoms with Crippen molar-refractivity contribution in [2.75, 3.05) is 7.05 Å². The summed E-state index contributed by atoms with van der Waals surface area (Å²) in [5.74, 6) is -0.948. The van der Waals surface area contributed by atoms with Gasteiger partial charge in [0.05, 0.1) is 5.69 Å². The van der Waals surface area contributed by atoms with Crippen molar-refractivity contribution in [3.05, 3.63) is 42.0 Å².